The van der Waals surface area contributed by atoms with E-state index in [1.54, 1.807) is 0 Å². The van der Waals surface area contributed by atoms with Crippen molar-refractivity contribution in [2.24, 2.45) is 0 Å². The van der Waals surface area contributed by atoms with Gasteiger partial charge in [0.25, 0.3) is 10.2 Å². The van der Waals surface area contributed by atoms with Crippen molar-refractivity contribution in [3.8, 4) is 0 Å². The first-order valence-electron chi connectivity index (χ1n) is 6.89. The van der Waals surface area contributed by atoms with Gasteiger partial charge in [-0.25, -0.2) is 0 Å². The molecule has 1 fully saturated rings. The molecule has 1 rings (SSSR count). The minimum absolute atomic E-state index is 0.160. The molecule has 0 aromatic heterocycles. The fourth-order valence-corrected chi connectivity index (χ4v) is 4.04. The summed E-state index contributed by atoms with van der Waals surface area (Å²) in [7, 11) is -3.48. The molecular weight excluding hydrogens is 252 g/mol. The molecule has 1 aliphatic rings. The Balaban J connectivity index is 2.78. The Hall–Kier alpha value is -0.170. The molecule has 0 atom stereocenters. The topological polar surface area (TPSA) is 69.6 Å². The summed E-state index contributed by atoms with van der Waals surface area (Å²) >= 11 is 0. The predicted octanol–water partition coefficient (Wildman–Crippen LogP) is 1.25. The third-order valence-electron chi connectivity index (χ3n) is 3.91. The fourth-order valence-electron chi connectivity index (χ4n) is 2.27. The number of hydrogen-bond donors (Lipinski definition) is 2. The largest absolute Gasteiger partial charge is 0.394 e. The van der Waals surface area contributed by atoms with E-state index in [2.05, 4.69) is 4.72 Å². The summed E-state index contributed by atoms with van der Waals surface area (Å²) in [5.41, 5.74) is -0.717. The minimum Gasteiger partial charge on any atom is -0.394 e. The highest BCUT2D eigenvalue weighted by molar-refractivity contribution is 7.87. The monoisotopic (exact) mass is 278 g/mol. The second-order valence-electron chi connectivity index (χ2n) is 5.07. The summed E-state index contributed by atoms with van der Waals surface area (Å²) in [5.74, 6) is 0. The van der Waals surface area contributed by atoms with Crippen molar-refractivity contribution in [1.29, 1.82) is 0 Å². The van der Waals surface area contributed by atoms with E-state index in [4.69, 9.17) is 0 Å². The van der Waals surface area contributed by atoms with Crippen LogP contribution in [0.2, 0.25) is 0 Å². The van der Waals surface area contributed by atoms with Gasteiger partial charge in [-0.05, 0) is 25.7 Å². The second kappa shape index (κ2) is 6.84. The zero-order chi connectivity index (χ0) is 13.6. The van der Waals surface area contributed by atoms with Gasteiger partial charge in [-0.3, -0.25) is 0 Å². The molecule has 0 aromatic carbocycles. The van der Waals surface area contributed by atoms with Crippen LogP contribution in [0.4, 0.5) is 0 Å². The van der Waals surface area contributed by atoms with Gasteiger partial charge < -0.3 is 5.11 Å². The quantitative estimate of drug-likeness (QED) is 0.768. The van der Waals surface area contributed by atoms with E-state index in [9.17, 15) is 13.5 Å². The smallest absolute Gasteiger partial charge is 0.280 e. The molecule has 5 nitrogen and oxygen atoms in total. The lowest BCUT2D eigenvalue weighted by Crippen LogP contribution is -2.55. The summed E-state index contributed by atoms with van der Waals surface area (Å²) in [4.78, 5) is 0. The van der Waals surface area contributed by atoms with Crippen LogP contribution in [-0.4, -0.2) is 43.1 Å². The maximum absolute atomic E-state index is 12.3. The van der Waals surface area contributed by atoms with Crippen molar-refractivity contribution in [1.82, 2.24) is 9.03 Å². The SMILES string of the molecule is CCC(CC)(CO)NS(=O)(=O)N1CCCCCC1. The van der Waals surface area contributed by atoms with E-state index in [1.807, 2.05) is 13.8 Å². The maximum Gasteiger partial charge on any atom is 0.280 e. The van der Waals surface area contributed by atoms with Crippen molar-refractivity contribution in [3.63, 3.8) is 0 Å². The Morgan fingerprint density at radius 2 is 1.61 bits per heavy atom. The van der Waals surface area contributed by atoms with Crippen LogP contribution in [0.1, 0.15) is 52.4 Å². The average Bonchev–Trinajstić information content (AvgIpc) is 2.65. The van der Waals surface area contributed by atoms with Gasteiger partial charge in [0.1, 0.15) is 0 Å². The van der Waals surface area contributed by atoms with E-state index in [0.29, 0.717) is 25.9 Å². The number of nitrogens with one attached hydrogen (secondary N) is 1. The molecule has 0 unspecified atom stereocenters. The van der Waals surface area contributed by atoms with E-state index in [0.717, 1.165) is 25.7 Å². The lowest BCUT2D eigenvalue weighted by atomic mass is 9.96. The van der Waals surface area contributed by atoms with Crippen molar-refractivity contribution < 1.29 is 13.5 Å². The second-order valence-corrected chi connectivity index (χ2v) is 6.74. The Bertz CT molecular complexity index is 323. The lowest BCUT2D eigenvalue weighted by Gasteiger charge is -2.33. The Labute approximate surface area is 111 Å². The molecule has 108 valence electrons. The lowest BCUT2D eigenvalue weighted by molar-refractivity contribution is 0.170. The highest BCUT2D eigenvalue weighted by atomic mass is 32.2. The van der Waals surface area contributed by atoms with Crippen LogP contribution in [0.15, 0.2) is 0 Å². The van der Waals surface area contributed by atoms with Gasteiger partial charge in [-0.1, -0.05) is 26.7 Å². The van der Waals surface area contributed by atoms with Crippen LogP contribution in [-0.2, 0) is 10.2 Å². The molecule has 18 heavy (non-hydrogen) atoms. The summed E-state index contributed by atoms with van der Waals surface area (Å²) in [6.07, 6.45) is 5.22. The molecule has 0 radical (unpaired) electrons. The Morgan fingerprint density at radius 3 is 2.00 bits per heavy atom. The highest BCUT2D eigenvalue weighted by Gasteiger charge is 2.33. The highest BCUT2D eigenvalue weighted by Crippen LogP contribution is 2.19. The van der Waals surface area contributed by atoms with Crippen molar-refractivity contribution >= 4 is 10.2 Å². The molecule has 1 aliphatic heterocycles. The summed E-state index contributed by atoms with van der Waals surface area (Å²) in [6.45, 7) is 4.80. The van der Waals surface area contributed by atoms with Crippen molar-refractivity contribution in [2.75, 3.05) is 19.7 Å². The number of rotatable bonds is 6. The third kappa shape index (κ3) is 3.91. The Kier molecular flexibility index (Phi) is 6.04. The van der Waals surface area contributed by atoms with Crippen LogP contribution < -0.4 is 4.72 Å². The first-order valence-corrected chi connectivity index (χ1v) is 8.33. The predicted molar refractivity (Wildman–Crippen MR) is 72.5 cm³/mol. The van der Waals surface area contributed by atoms with Crippen LogP contribution in [0.25, 0.3) is 0 Å². The van der Waals surface area contributed by atoms with Crippen LogP contribution in [0, 0.1) is 0 Å². The van der Waals surface area contributed by atoms with E-state index >= 15 is 0 Å². The fraction of sp³-hybridized carbons (Fsp3) is 1.00. The molecule has 0 spiro atoms. The van der Waals surface area contributed by atoms with Gasteiger partial charge in [-0.2, -0.15) is 17.4 Å². The zero-order valence-electron chi connectivity index (χ0n) is 11.5. The van der Waals surface area contributed by atoms with Gasteiger partial charge in [0.15, 0.2) is 0 Å². The number of hydrogen-bond acceptors (Lipinski definition) is 3. The molecule has 1 saturated heterocycles. The molecule has 0 aromatic rings. The molecule has 0 aliphatic carbocycles. The molecular formula is C12H26N2O3S. The van der Waals surface area contributed by atoms with Gasteiger partial charge in [0.05, 0.1) is 12.1 Å². The molecule has 2 N–H and O–H groups in total. The third-order valence-corrected chi connectivity index (χ3v) is 5.64. The van der Waals surface area contributed by atoms with Crippen molar-refractivity contribution in [2.45, 2.75) is 57.9 Å². The van der Waals surface area contributed by atoms with Gasteiger partial charge >= 0.3 is 0 Å². The molecule has 6 heteroatoms. The Morgan fingerprint density at radius 1 is 1.11 bits per heavy atom. The van der Waals surface area contributed by atoms with E-state index in [1.165, 1.54) is 4.31 Å². The van der Waals surface area contributed by atoms with Gasteiger partial charge in [-0.15, -0.1) is 0 Å². The average molecular weight is 278 g/mol. The molecule has 0 bridgehead atoms. The summed E-state index contributed by atoms with van der Waals surface area (Å²) < 4.78 is 28.9. The molecule has 0 saturated carbocycles. The number of nitrogens with zero attached hydrogens (tertiary/aromatic N) is 1. The summed E-state index contributed by atoms with van der Waals surface area (Å²) in [6, 6.07) is 0. The first kappa shape index (κ1) is 15.9. The minimum atomic E-state index is -3.48. The number of aliphatic hydroxyl groups is 1. The van der Waals surface area contributed by atoms with E-state index < -0.39 is 15.7 Å². The molecule has 0 amide bonds. The van der Waals surface area contributed by atoms with Crippen LogP contribution >= 0.6 is 0 Å². The van der Waals surface area contributed by atoms with E-state index in [-0.39, 0.29) is 6.61 Å². The van der Waals surface area contributed by atoms with Crippen LogP contribution in [0.5, 0.6) is 0 Å². The van der Waals surface area contributed by atoms with Crippen LogP contribution in [0.3, 0.4) is 0 Å². The standard InChI is InChI=1S/C12H26N2O3S/c1-3-12(4-2,11-15)13-18(16,17)14-9-7-5-6-8-10-14/h13,15H,3-11H2,1-2H3. The zero-order valence-corrected chi connectivity index (χ0v) is 12.3. The summed E-state index contributed by atoms with van der Waals surface area (Å²) in [5, 5.41) is 9.45. The normalized spacial score (nSPS) is 19.7. The number of aliphatic hydroxyl groups excluding tert-OH is 1. The first-order chi connectivity index (χ1) is 8.49. The maximum atomic E-state index is 12.3. The van der Waals surface area contributed by atoms with Gasteiger partial charge in [0.2, 0.25) is 0 Å². The van der Waals surface area contributed by atoms with Crippen molar-refractivity contribution in [3.05, 3.63) is 0 Å². The molecule has 1 heterocycles. The van der Waals surface area contributed by atoms with Gasteiger partial charge in [0, 0.05) is 13.1 Å².